The van der Waals surface area contributed by atoms with E-state index in [9.17, 15) is 0 Å². The number of nitrogens with zero attached hydrogens (tertiary/aromatic N) is 1. The molecule has 0 N–H and O–H groups in total. The van der Waals surface area contributed by atoms with E-state index < -0.39 is 0 Å². The minimum Gasteiger partial charge on any atom is -0.495 e. The van der Waals surface area contributed by atoms with Crippen molar-refractivity contribution in [2.24, 2.45) is 0 Å². The first kappa shape index (κ1) is 9.94. The predicted molar refractivity (Wildman–Crippen MR) is 56.1 cm³/mol. The molecule has 3 heteroatoms. The summed E-state index contributed by atoms with van der Waals surface area (Å²) in [5, 5.41) is 0. The topological polar surface area (TPSA) is 22.1 Å². The van der Waals surface area contributed by atoms with E-state index in [1.807, 2.05) is 0 Å². The lowest BCUT2D eigenvalue weighted by atomic mass is 10.2. The van der Waals surface area contributed by atoms with Crippen LogP contribution in [0.15, 0.2) is 18.5 Å². The molecule has 13 heavy (non-hydrogen) atoms. The number of hydrogen-bond donors (Lipinski definition) is 1. The molecule has 0 saturated carbocycles. The summed E-state index contributed by atoms with van der Waals surface area (Å²) in [4.78, 5) is 3.97. The Morgan fingerprint density at radius 3 is 3.15 bits per heavy atom. The molecule has 0 atom stereocenters. The Kier molecular flexibility index (Phi) is 4.20. The number of ether oxygens (including phenoxy) is 1. The average Bonchev–Trinajstić information content (AvgIpc) is 2.19. The van der Waals surface area contributed by atoms with Gasteiger partial charge >= 0.3 is 0 Å². The van der Waals surface area contributed by atoms with Gasteiger partial charge in [0.05, 0.1) is 12.7 Å². The second-order valence-corrected chi connectivity index (χ2v) is 2.80. The first-order valence-electron chi connectivity index (χ1n) is 3.96. The van der Waals surface area contributed by atoms with E-state index in [0.29, 0.717) is 0 Å². The van der Waals surface area contributed by atoms with Crippen molar-refractivity contribution in [2.75, 3.05) is 12.9 Å². The van der Waals surface area contributed by atoms with Crippen LogP contribution in [0, 0.1) is 11.8 Å². The lowest BCUT2D eigenvalue weighted by Crippen LogP contribution is -1.88. The number of pyridine rings is 1. The van der Waals surface area contributed by atoms with E-state index in [0.717, 1.165) is 23.5 Å². The van der Waals surface area contributed by atoms with Crippen LogP contribution in [0.25, 0.3) is 0 Å². The van der Waals surface area contributed by atoms with Gasteiger partial charge in [-0.1, -0.05) is 11.8 Å². The van der Waals surface area contributed by atoms with Crippen LogP contribution in [-0.2, 0) is 0 Å². The zero-order valence-corrected chi connectivity index (χ0v) is 8.34. The quantitative estimate of drug-likeness (QED) is 0.571. The summed E-state index contributed by atoms with van der Waals surface area (Å²) in [5.74, 6) is 7.50. The standard InChI is InChI=1S/C10H11NOS/c1-12-10-5-6-11-8-9(10)4-2-3-7-13/h5-6,8,13H,3,7H2,1H3. The second-order valence-electron chi connectivity index (χ2n) is 2.35. The predicted octanol–water partition coefficient (Wildman–Crippen LogP) is 1.76. The van der Waals surface area contributed by atoms with E-state index in [1.54, 1.807) is 25.6 Å². The largest absolute Gasteiger partial charge is 0.495 e. The van der Waals surface area contributed by atoms with Gasteiger partial charge in [-0.2, -0.15) is 12.6 Å². The Hall–Kier alpha value is -1.14. The molecule has 0 spiro atoms. The molecule has 0 bridgehead atoms. The van der Waals surface area contributed by atoms with Crippen LogP contribution in [-0.4, -0.2) is 17.8 Å². The molecule has 0 aliphatic carbocycles. The molecule has 0 unspecified atom stereocenters. The van der Waals surface area contributed by atoms with E-state index in [-0.39, 0.29) is 0 Å². The van der Waals surface area contributed by atoms with Crippen LogP contribution in [0.2, 0.25) is 0 Å². The van der Waals surface area contributed by atoms with Crippen molar-refractivity contribution in [2.45, 2.75) is 6.42 Å². The van der Waals surface area contributed by atoms with Crippen molar-refractivity contribution < 1.29 is 4.74 Å². The monoisotopic (exact) mass is 193 g/mol. The third-order valence-corrected chi connectivity index (χ3v) is 1.68. The molecule has 1 aromatic heterocycles. The molecule has 0 radical (unpaired) electrons. The normalized spacial score (nSPS) is 8.77. The number of aromatic nitrogens is 1. The fourth-order valence-corrected chi connectivity index (χ4v) is 0.979. The van der Waals surface area contributed by atoms with Crippen molar-refractivity contribution in [3.8, 4) is 17.6 Å². The summed E-state index contributed by atoms with van der Waals surface area (Å²) in [5.41, 5.74) is 0.826. The molecular weight excluding hydrogens is 182 g/mol. The third-order valence-electron chi connectivity index (χ3n) is 1.46. The summed E-state index contributed by atoms with van der Waals surface area (Å²) >= 11 is 4.07. The van der Waals surface area contributed by atoms with E-state index in [1.165, 1.54) is 0 Å². The van der Waals surface area contributed by atoms with Gasteiger partial charge in [0.25, 0.3) is 0 Å². The molecule has 0 aliphatic rings. The van der Waals surface area contributed by atoms with Gasteiger partial charge in [-0.25, -0.2) is 0 Å². The van der Waals surface area contributed by atoms with Crippen molar-refractivity contribution in [1.29, 1.82) is 0 Å². The maximum atomic E-state index is 5.11. The van der Waals surface area contributed by atoms with Crippen LogP contribution >= 0.6 is 12.6 Å². The highest BCUT2D eigenvalue weighted by Gasteiger charge is 1.96. The molecule has 1 heterocycles. The molecule has 68 valence electrons. The second kappa shape index (κ2) is 5.50. The van der Waals surface area contributed by atoms with Gasteiger partial charge in [-0.05, 0) is 6.07 Å². The number of methoxy groups -OCH3 is 1. The van der Waals surface area contributed by atoms with Crippen molar-refractivity contribution >= 4 is 12.6 Å². The van der Waals surface area contributed by atoms with Crippen LogP contribution in [0.3, 0.4) is 0 Å². The Balaban J connectivity index is 2.82. The van der Waals surface area contributed by atoms with Crippen LogP contribution in [0.5, 0.6) is 5.75 Å². The van der Waals surface area contributed by atoms with Gasteiger partial charge in [-0.15, -0.1) is 0 Å². The van der Waals surface area contributed by atoms with Gasteiger partial charge in [0.15, 0.2) is 0 Å². The lowest BCUT2D eigenvalue weighted by molar-refractivity contribution is 0.413. The lowest BCUT2D eigenvalue weighted by Gasteiger charge is -1.99. The molecule has 0 amide bonds. The number of hydrogen-bond acceptors (Lipinski definition) is 3. The van der Waals surface area contributed by atoms with Crippen LogP contribution in [0.1, 0.15) is 12.0 Å². The molecule has 2 nitrogen and oxygen atoms in total. The van der Waals surface area contributed by atoms with Crippen LogP contribution in [0.4, 0.5) is 0 Å². The van der Waals surface area contributed by atoms with E-state index in [2.05, 4.69) is 29.5 Å². The average molecular weight is 193 g/mol. The summed E-state index contributed by atoms with van der Waals surface area (Å²) in [6.07, 6.45) is 4.16. The van der Waals surface area contributed by atoms with Crippen molar-refractivity contribution in [3.63, 3.8) is 0 Å². The smallest absolute Gasteiger partial charge is 0.137 e. The van der Waals surface area contributed by atoms with Gasteiger partial charge in [0.1, 0.15) is 5.75 Å². The van der Waals surface area contributed by atoms with Gasteiger partial charge in [-0.3, -0.25) is 4.98 Å². The summed E-state index contributed by atoms with van der Waals surface area (Å²) in [6, 6.07) is 1.80. The molecule has 0 aliphatic heterocycles. The minimum absolute atomic E-state index is 0.765. The third kappa shape index (κ3) is 3.00. The van der Waals surface area contributed by atoms with Gasteiger partial charge < -0.3 is 4.74 Å². The van der Waals surface area contributed by atoms with Crippen molar-refractivity contribution in [1.82, 2.24) is 4.98 Å². The first-order valence-corrected chi connectivity index (χ1v) is 4.59. The Labute approximate surface area is 83.7 Å². The molecule has 1 rings (SSSR count). The van der Waals surface area contributed by atoms with Gasteiger partial charge in [0.2, 0.25) is 0 Å². The Morgan fingerprint density at radius 1 is 1.62 bits per heavy atom. The molecule has 0 aromatic carbocycles. The van der Waals surface area contributed by atoms with Gasteiger partial charge in [0, 0.05) is 24.6 Å². The zero-order chi connectivity index (χ0) is 9.52. The summed E-state index contributed by atoms with van der Waals surface area (Å²) in [6.45, 7) is 0. The SMILES string of the molecule is COc1ccncc1C#CCCS. The maximum Gasteiger partial charge on any atom is 0.137 e. The summed E-state index contributed by atoms with van der Waals surface area (Å²) in [7, 11) is 1.62. The highest BCUT2D eigenvalue weighted by Crippen LogP contribution is 2.13. The minimum atomic E-state index is 0.765. The van der Waals surface area contributed by atoms with Crippen LogP contribution < -0.4 is 4.74 Å². The Morgan fingerprint density at radius 2 is 2.46 bits per heavy atom. The molecule has 0 fully saturated rings. The number of thiol groups is 1. The maximum absolute atomic E-state index is 5.11. The zero-order valence-electron chi connectivity index (χ0n) is 7.45. The van der Waals surface area contributed by atoms with E-state index >= 15 is 0 Å². The molecule has 0 saturated heterocycles. The summed E-state index contributed by atoms with van der Waals surface area (Å²) < 4.78 is 5.11. The molecular formula is C10H11NOS. The first-order chi connectivity index (χ1) is 6.38. The fraction of sp³-hybridized carbons (Fsp3) is 0.300. The van der Waals surface area contributed by atoms with E-state index in [4.69, 9.17) is 4.74 Å². The number of rotatable bonds is 2. The highest BCUT2D eigenvalue weighted by molar-refractivity contribution is 7.80. The fourth-order valence-electron chi connectivity index (χ4n) is 0.867. The Bertz CT molecular complexity index is 327. The van der Waals surface area contributed by atoms with Crippen molar-refractivity contribution in [3.05, 3.63) is 24.0 Å². The molecule has 1 aromatic rings. The highest BCUT2D eigenvalue weighted by atomic mass is 32.1.